The predicted octanol–water partition coefficient (Wildman–Crippen LogP) is 1.63. The van der Waals surface area contributed by atoms with Gasteiger partial charge in [-0.2, -0.15) is 0 Å². The van der Waals surface area contributed by atoms with Gasteiger partial charge in [0.15, 0.2) is 0 Å². The zero-order valence-corrected chi connectivity index (χ0v) is 7.88. The SMILES string of the molecule is O=C(O)C1=Cc2cc(Cl)cnc2NC1. The Morgan fingerprint density at radius 1 is 1.64 bits per heavy atom. The van der Waals surface area contributed by atoms with Gasteiger partial charge < -0.3 is 10.4 Å². The van der Waals surface area contributed by atoms with Crippen molar-refractivity contribution >= 4 is 29.5 Å². The Balaban J connectivity index is 2.47. The second kappa shape index (κ2) is 3.31. The van der Waals surface area contributed by atoms with Crippen LogP contribution in [0.1, 0.15) is 5.56 Å². The fraction of sp³-hybridized carbons (Fsp3) is 0.111. The van der Waals surface area contributed by atoms with Crippen molar-refractivity contribution in [3.63, 3.8) is 0 Å². The van der Waals surface area contributed by atoms with E-state index in [9.17, 15) is 4.79 Å². The van der Waals surface area contributed by atoms with E-state index in [-0.39, 0.29) is 6.54 Å². The monoisotopic (exact) mass is 210 g/mol. The van der Waals surface area contributed by atoms with E-state index in [1.165, 1.54) is 6.20 Å². The minimum absolute atomic E-state index is 0.289. The molecule has 72 valence electrons. The van der Waals surface area contributed by atoms with Crippen molar-refractivity contribution in [3.05, 3.63) is 28.4 Å². The average Bonchev–Trinajstić information content (AvgIpc) is 2.16. The van der Waals surface area contributed by atoms with Gasteiger partial charge in [0.25, 0.3) is 0 Å². The zero-order valence-electron chi connectivity index (χ0n) is 7.12. The molecule has 1 aliphatic heterocycles. The lowest BCUT2D eigenvalue weighted by Crippen LogP contribution is -2.17. The summed E-state index contributed by atoms with van der Waals surface area (Å²) >= 11 is 5.74. The maximum absolute atomic E-state index is 10.7. The van der Waals surface area contributed by atoms with E-state index < -0.39 is 5.97 Å². The molecule has 0 radical (unpaired) electrons. The Labute approximate surface area is 85.2 Å². The molecule has 0 unspecified atom stereocenters. The molecule has 5 heteroatoms. The van der Waals surface area contributed by atoms with Gasteiger partial charge in [-0.15, -0.1) is 0 Å². The summed E-state index contributed by atoms with van der Waals surface area (Å²) in [6.07, 6.45) is 3.10. The van der Waals surface area contributed by atoms with Crippen LogP contribution in [0.15, 0.2) is 17.8 Å². The van der Waals surface area contributed by atoms with Gasteiger partial charge in [0.05, 0.1) is 10.6 Å². The highest BCUT2D eigenvalue weighted by atomic mass is 35.5. The maximum atomic E-state index is 10.7. The predicted molar refractivity (Wildman–Crippen MR) is 53.3 cm³/mol. The largest absolute Gasteiger partial charge is 0.478 e. The molecule has 0 aliphatic carbocycles. The summed E-state index contributed by atoms with van der Waals surface area (Å²) in [4.78, 5) is 14.7. The normalized spacial score (nSPS) is 13.9. The first-order valence-corrected chi connectivity index (χ1v) is 4.38. The molecule has 2 heterocycles. The van der Waals surface area contributed by atoms with E-state index >= 15 is 0 Å². The van der Waals surface area contributed by atoms with Crippen molar-refractivity contribution in [2.45, 2.75) is 0 Å². The third-order valence-electron chi connectivity index (χ3n) is 1.93. The van der Waals surface area contributed by atoms with Crippen molar-refractivity contribution in [2.24, 2.45) is 0 Å². The molecule has 2 N–H and O–H groups in total. The topological polar surface area (TPSA) is 62.2 Å². The Morgan fingerprint density at radius 3 is 3.14 bits per heavy atom. The lowest BCUT2D eigenvalue weighted by atomic mass is 10.1. The van der Waals surface area contributed by atoms with Crippen molar-refractivity contribution < 1.29 is 9.90 Å². The summed E-state index contributed by atoms with van der Waals surface area (Å²) in [5.74, 6) is -0.262. The number of hydrogen-bond donors (Lipinski definition) is 2. The number of carbonyl (C=O) groups is 1. The lowest BCUT2D eigenvalue weighted by Gasteiger charge is -2.14. The molecule has 0 spiro atoms. The highest BCUT2D eigenvalue weighted by Crippen LogP contribution is 2.23. The van der Waals surface area contributed by atoms with Crippen LogP contribution in [0.25, 0.3) is 6.08 Å². The quantitative estimate of drug-likeness (QED) is 0.740. The zero-order chi connectivity index (χ0) is 10.1. The molecule has 14 heavy (non-hydrogen) atoms. The molecule has 0 aromatic carbocycles. The molecule has 0 atom stereocenters. The summed E-state index contributed by atoms with van der Waals surface area (Å²) in [7, 11) is 0. The van der Waals surface area contributed by atoms with Gasteiger partial charge in [0, 0.05) is 18.3 Å². The lowest BCUT2D eigenvalue weighted by molar-refractivity contribution is -0.132. The second-order valence-corrected chi connectivity index (χ2v) is 3.36. The molecule has 0 amide bonds. The van der Waals surface area contributed by atoms with Crippen molar-refractivity contribution in [1.82, 2.24) is 4.98 Å². The molecule has 1 aliphatic rings. The van der Waals surface area contributed by atoms with E-state index in [0.717, 1.165) is 0 Å². The summed E-state index contributed by atoms with van der Waals surface area (Å²) in [5, 5.41) is 12.2. The molecule has 0 bridgehead atoms. The summed E-state index contributed by atoms with van der Waals surface area (Å²) < 4.78 is 0. The third kappa shape index (κ3) is 1.56. The molecule has 1 aromatic heterocycles. The molecular weight excluding hydrogens is 204 g/mol. The minimum atomic E-state index is -0.928. The fourth-order valence-corrected chi connectivity index (χ4v) is 1.43. The van der Waals surface area contributed by atoms with Crippen molar-refractivity contribution in [1.29, 1.82) is 0 Å². The first-order valence-electron chi connectivity index (χ1n) is 4.00. The van der Waals surface area contributed by atoms with E-state index in [4.69, 9.17) is 16.7 Å². The smallest absolute Gasteiger partial charge is 0.333 e. The molecule has 2 rings (SSSR count). The first kappa shape index (κ1) is 9.02. The van der Waals surface area contributed by atoms with Crippen LogP contribution in [0, 0.1) is 0 Å². The van der Waals surface area contributed by atoms with Crippen molar-refractivity contribution in [2.75, 3.05) is 11.9 Å². The van der Waals surface area contributed by atoms with Crippen molar-refractivity contribution in [3.8, 4) is 0 Å². The minimum Gasteiger partial charge on any atom is -0.478 e. The molecular formula is C9H7ClN2O2. The maximum Gasteiger partial charge on any atom is 0.333 e. The number of hydrogen-bond acceptors (Lipinski definition) is 3. The van der Waals surface area contributed by atoms with Gasteiger partial charge >= 0.3 is 5.97 Å². The number of rotatable bonds is 1. The Kier molecular flexibility index (Phi) is 2.13. The van der Waals surface area contributed by atoms with Gasteiger partial charge in [-0.25, -0.2) is 9.78 Å². The Hall–Kier alpha value is -1.55. The van der Waals surface area contributed by atoms with Gasteiger partial charge in [-0.1, -0.05) is 11.6 Å². The number of pyridine rings is 1. The number of aliphatic carboxylic acids is 1. The number of aromatic nitrogens is 1. The van der Waals surface area contributed by atoms with Crippen LogP contribution in [0.5, 0.6) is 0 Å². The molecule has 1 aromatic rings. The number of nitrogens with one attached hydrogen (secondary N) is 1. The molecule has 0 saturated heterocycles. The highest BCUT2D eigenvalue weighted by molar-refractivity contribution is 6.30. The fourth-order valence-electron chi connectivity index (χ4n) is 1.27. The molecule has 4 nitrogen and oxygen atoms in total. The van der Waals surface area contributed by atoms with Crippen LogP contribution >= 0.6 is 11.6 Å². The summed E-state index contributed by atoms with van der Waals surface area (Å²) in [6.45, 7) is 0.289. The van der Waals surface area contributed by atoms with Crippen LogP contribution in [-0.4, -0.2) is 22.6 Å². The van der Waals surface area contributed by atoms with Crippen LogP contribution in [0.3, 0.4) is 0 Å². The summed E-state index contributed by atoms with van der Waals surface area (Å²) in [5.41, 5.74) is 1.02. The number of carboxylic acids is 1. The second-order valence-electron chi connectivity index (χ2n) is 2.92. The van der Waals surface area contributed by atoms with Gasteiger partial charge in [0.2, 0.25) is 0 Å². The van der Waals surface area contributed by atoms with Crippen LogP contribution < -0.4 is 5.32 Å². The van der Waals surface area contributed by atoms with E-state index in [2.05, 4.69) is 10.3 Å². The first-order chi connectivity index (χ1) is 6.66. The van der Waals surface area contributed by atoms with Gasteiger partial charge in [0.1, 0.15) is 5.82 Å². The number of nitrogens with zero attached hydrogens (tertiary/aromatic N) is 1. The number of halogens is 1. The summed E-state index contributed by atoms with van der Waals surface area (Å²) in [6, 6.07) is 1.68. The average molecular weight is 211 g/mol. The Morgan fingerprint density at radius 2 is 2.43 bits per heavy atom. The third-order valence-corrected chi connectivity index (χ3v) is 2.14. The number of anilines is 1. The van der Waals surface area contributed by atoms with Crippen LogP contribution in [0.2, 0.25) is 5.02 Å². The van der Waals surface area contributed by atoms with Crippen LogP contribution in [-0.2, 0) is 4.79 Å². The van der Waals surface area contributed by atoms with E-state index in [1.54, 1.807) is 12.1 Å². The van der Waals surface area contributed by atoms with Gasteiger partial charge in [-0.05, 0) is 12.1 Å². The van der Waals surface area contributed by atoms with Gasteiger partial charge in [-0.3, -0.25) is 0 Å². The number of carboxylic acid groups (broad SMARTS) is 1. The van der Waals surface area contributed by atoms with E-state index in [0.29, 0.717) is 22.0 Å². The highest BCUT2D eigenvalue weighted by Gasteiger charge is 2.15. The number of fused-ring (bicyclic) bond motifs is 1. The standard InChI is InChI=1S/C9H7ClN2O2/c10-7-2-5-1-6(9(13)14)3-11-8(5)12-4-7/h1-2,4H,3H2,(H,11,12)(H,13,14). The Bertz CT molecular complexity index is 429. The van der Waals surface area contributed by atoms with E-state index in [1.807, 2.05) is 0 Å². The molecule has 0 fully saturated rings. The molecule has 0 saturated carbocycles. The van der Waals surface area contributed by atoms with Crippen LogP contribution in [0.4, 0.5) is 5.82 Å².